The van der Waals surface area contributed by atoms with Crippen molar-refractivity contribution in [3.8, 4) is 0 Å². The quantitative estimate of drug-likeness (QED) is 0.249. The Morgan fingerprint density at radius 2 is 1.45 bits per heavy atom. The van der Waals surface area contributed by atoms with Crippen molar-refractivity contribution in [2.24, 2.45) is 0 Å². The van der Waals surface area contributed by atoms with E-state index in [0.717, 1.165) is 22.6 Å². The Morgan fingerprint density at radius 3 is 1.82 bits per heavy atom. The fourth-order valence-corrected chi connectivity index (χ4v) is 1.83. The van der Waals surface area contributed by atoms with Crippen LogP contribution in [-0.2, 0) is 9.53 Å². The molecule has 0 aliphatic heterocycles. The van der Waals surface area contributed by atoms with Gasteiger partial charge in [0.25, 0.3) is 0 Å². The van der Waals surface area contributed by atoms with Gasteiger partial charge in [-0.1, -0.05) is 0 Å². The summed E-state index contributed by atoms with van der Waals surface area (Å²) in [6, 6.07) is 0. The second-order valence-electron chi connectivity index (χ2n) is 3.87. The number of hydrogen-bond donors (Lipinski definition) is 0. The molecule has 22 heavy (non-hydrogen) atoms. The summed E-state index contributed by atoms with van der Waals surface area (Å²) in [5.41, 5.74) is 0. The topological polar surface area (TPSA) is 26.3 Å². The number of rotatable bonds is 6. The van der Waals surface area contributed by atoms with Crippen molar-refractivity contribution in [2.45, 2.75) is 37.3 Å². The first-order valence-corrected chi connectivity index (χ1v) is 6.41. The third-order valence-corrected chi connectivity index (χ3v) is 2.85. The molecule has 0 aromatic heterocycles. The Hall–Kier alpha value is -0.690. The zero-order valence-corrected chi connectivity index (χ0v) is 12.7. The number of carbonyl (C=O) groups excluding carboxylic acids is 1. The molecule has 0 N–H and O–H groups in total. The van der Waals surface area contributed by atoms with E-state index in [4.69, 9.17) is 0 Å². The second-order valence-corrected chi connectivity index (χ2v) is 5.26. The molecular formula is C10H8F9IO2. The van der Waals surface area contributed by atoms with Crippen LogP contribution in [0.5, 0.6) is 0 Å². The van der Waals surface area contributed by atoms with E-state index in [0.29, 0.717) is 6.08 Å². The van der Waals surface area contributed by atoms with Crippen molar-refractivity contribution in [3.05, 3.63) is 9.66 Å². The van der Waals surface area contributed by atoms with E-state index in [9.17, 15) is 44.3 Å². The van der Waals surface area contributed by atoms with Crippen molar-refractivity contribution in [2.75, 3.05) is 6.61 Å². The van der Waals surface area contributed by atoms with E-state index in [-0.39, 0.29) is 6.61 Å². The minimum absolute atomic E-state index is 0.183. The minimum Gasteiger partial charge on any atom is -0.463 e. The van der Waals surface area contributed by atoms with Crippen LogP contribution in [0, 0.1) is 0 Å². The fraction of sp³-hybridized carbons (Fsp3) is 0.700. The van der Waals surface area contributed by atoms with Gasteiger partial charge in [0.05, 0.1) is 6.61 Å². The van der Waals surface area contributed by atoms with Gasteiger partial charge >= 0.3 is 29.9 Å². The van der Waals surface area contributed by atoms with Crippen LogP contribution in [0.2, 0.25) is 0 Å². The van der Waals surface area contributed by atoms with Crippen LogP contribution in [-0.4, -0.2) is 36.5 Å². The van der Waals surface area contributed by atoms with Crippen LogP contribution in [0.4, 0.5) is 39.5 Å². The normalized spacial score (nSPS) is 15.0. The van der Waals surface area contributed by atoms with E-state index in [1.54, 1.807) is 0 Å². The average Bonchev–Trinajstić information content (AvgIpc) is 2.25. The van der Waals surface area contributed by atoms with Gasteiger partial charge < -0.3 is 4.74 Å². The molecule has 0 saturated heterocycles. The van der Waals surface area contributed by atoms with Crippen LogP contribution in [0.3, 0.4) is 0 Å². The molecule has 0 bridgehead atoms. The van der Waals surface area contributed by atoms with E-state index < -0.39 is 39.9 Å². The number of halogens is 10. The number of hydrogen-bond acceptors (Lipinski definition) is 2. The van der Waals surface area contributed by atoms with Crippen molar-refractivity contribution >= 4 is 28.6 Å². The lowest BCUT2D eigenvalue weighted by molar-refractivity contribution is -0.395. The van der Waals surface area contributed by atoms with Gasteiger partial charge in [0.1, 0.15) is 0 Å². The van der Waals surface area contributed by atoms with Crippen LogP contribution >= 0.6 is 22.6 Å². The molecule has 0 heterocycles. The lowest BCUT2D eigenvalue weighted by Gasteiger charge is -2.33. The Bertz CT molecular complexity index is 442. The van der Waals surface area contributed by atoms with E-state index in [1.165, 1.54) is 6.92 Å². The molecule has 2 nitrogen and oxygen atoms in total. The summed E-state index contributed by atoms with van der Waals surface area (Å²) < 4.78 is 116. The van der Waals surface area contributed by atoms with Gasteiger partial charge in [0.15, 0.2) is 0 Å². The van der Waals surface area contributed by atoms with Crippen LogP contribution in [0.15, 0.2) is 9.66 Å². The zero-order valence-electron chi connectivity index (χ0n) is 10.6. The van der Waals surface area contributed by atoms with Crippen LogP contribution in [0.25, 0.3) is 0 Å². The number of ether oxygens (including phenoxy) is 1. The minimum atomic E-state index is -6.94. The predicted molar refractivity (Wildman–Crippen MR) is 64.2 cm³/mol. The summed E-state index contributed by atoms with van der Waals surface area (Å²) >= 11 is 0.932. The van der Waals surface area contributed by atoms with Gasteiger partial charge in [-0.3, -0.25) is 0 Å². The Balaban J connectivity index is 5.42. The maximum absolute atomic E-state index is 13.2. The number of carbonyl (C=O) groups is 1. The molecule has 0 aliphatic rings. The van der Waals surface area contributed by atoms with Crippen molar-refractivity contribution in [3.63, 3.8) is 0 Å². The molecule has 0 saturated carbocycles. The lowest BCUT2D eigenvalue weighted by Crippen LogP contribution is -2.60. The third kappa shape index (κ3) is 4.41. The molecule has 130 valence electrons. The number of alkyl halides is 9. The highest BCUT2D eigenvalue weighted by Crippen LogP contribution is 2.54. The van der Waals surface area contributed by atoms with Crippen molar-refractivity contribution < 1.29 is 49.0 Å². The maximum Gasteiger partial charge on any atom is 0.460 e. The molecule has 0 aromatic carbocycles. The zero-order chi connectivity index (χ0) is 18.0. The Kier molecular flexibility index (Phi) is 6.61. The first-order valence-electron chi connectivity index (χ1n) is 5.33. The van der Waals surface area contributed by atoms with Crippen molar-refractivity contribution in [1.29, 1.82) is 0 Å². The molecule has 12 heteroatoms. The van der Waals surface area contributed by atoms with E-state index in [2.05, 4.69) is 4.74 Å². The number of allylic oxidation sites excluding steroid dienone is 1. The summed E-state index contributed by atoms with van der Waals surface area (Å²) in [7, 11) is 0. The molecule has 0 radical (unpaired) electrons. The molecule has 0 amide bonds. The summed E-state index contributed by atoms with van der Waals surface area (Å²) in [6.07, 6.45) is -8.76. The highest BCUT2D eigenvalue weighted by Gasteiger charge is 2.81. The van der Waals surface area contributed by atoms with Gasteiger partial charge in [-0.25, -0.2) is 4.79 Å². The molecule has 0 aromatic rings. The monoisotopic (exact) mass is 458 g/mol. The fourth-order valence-electron chi connectivity index (χ4n) is 1.09. The van der Waals surface area contributed by atoms with Gasteiger partial charge in [-0.2, -0.15) is 39.5 Å². The Morgan fingerprint density at radius 1 is 1.00 bits per heavy atom. The standard InChI is InChI=1S/C10H8F9IO2/c1-2-22-6(21)3-5(20)4-7(11,12)8(13,14)9(15,16)10(17,18)19/h3H,2,4H2,1H3/b5-3-. The highest BCUT2D eigenvalue weighted by atomic mass is 127. The predicted octanol–water partition coefficient (Wildman–Crippen LogP) is 4.73. The van der Waals surface area contributed by atoms with Gasteiger partial charge in [0, 0.05) is 16.1 Å². The number of esters is 1. The summed E-state index contributed by atoms with van der Waals surface area (Å²) in [6.45, 7) is 1.16. The second kappa shape index (κ2) is 6.83. The molecule has 0 aliphatic carbocycles. The summed E-state index contributed by atoms with van der Waals surface area (Å²) in [5, 5.41) is 0. The summed E-state index contributed by atoms with van der Waals surface area (Å²) in [4.78, 5) is 10.9. The van der Waals surface area contributed by atoms with Crippen LogP contribution < -0.4 is 0 Å². The van der Waals surface area contributed by atoms with E-state index in [1.807, 2.05) is 0 Å². The Labute approximate surface area is 131 Å². The molecule has 0 atom stereocenters. The SMILES string of the molecule is CCOC(=O)/C=C(\I)CC(F)(F)C(F)(F)C(F)(F)C(F)(F)F. The summed E-state index contributed by atoms with van der Waals surface area (Å²) in [5.74, 6) is -20.6. The van der Waals surface area contributed by atoms with Crippen molar-refractivity contribution in [1.82, 2.24) is 0 Å². The highest BCUT2D eigenvalue weighted by molar-refractivity contribution is 14.1. The average molecular weight is 458 g/mol. The van der Waals surface area contributed by atoms with Crippen LogP contribution in [0.1, 0.15) is 13.3 Å². The smallest absolute Gasteiger partial charge is 0.460 e. The molecule has 0 unspecified atom stereocenters. The van der Waals surface area contributed by atoms with Gasteiger partial charge in [0.2, 0.25) is 0 Å². The molecular weight excluding hydrogens is 450 g/mol. The molecule has 0 rings (SSSR count). The van der Waals surface area contributed by atoms with Gasteiger partial charge in [-0.15, -0.1) is 0 Å². The molecule has 0 spiro atoms. The largest absolute Gasteiger partial charge is 0.463 e. The third-order valence-electron chi connectivity index (χ3n) is 2.16. The van der Waals surface area contributed by atoms with E-state index >= 15 is 0 Å². The molecule has 0 fully saturated rings. The van der Waals surface area contributed by atoms with Gasteiger partial charge in [-0.05, 0) is 29.5 Å². The first kappa shape index (κ1) is 21.3. The maximum atomic E-state index is 13.2. The lowest BCUT2D eigenvalue weighted by atomic mass is 10.0. The first-order chi connectivity index (χ1) is 9.60.